The lowest BCUT2D eigenvalue weighted by Crippen LogP contribution is -2.45. The Morgan fingerprint density at radius 1 is 1.23 bits per heavy atom. The molecule has 1 aromatic rings. The van der Waals surface area contributed by atoms with Gasteiger partial charge >= 0.3 is 0 Å². The van der Waals surface area contributed by atoms with Gasteiger partial charge in [-0.3, -0.25) is 15.3 Å². The molecule has 0 spiro atoms. The van der Waals surface area contributed by atoms with Crippen LogP contribution in [0.4, 0.5) is 0 Å². The van der Waals surface area contributed by atoms with Crippen LogP contribution in [0.2, 0.25) is 5.02 Å². The second-order valence-electron chi connectivity index (χ2n) is 7.30. The number of hydrogen-bond acceptors (Lipinski definition) is 5. The summed E-state index contributed by atoms with van der Waals surface area (Å²) in [5.74, 6) is 1.26. The van der Waals surface area contributed by atoms with E-state index < -0.39 is 0 Å². The van der Waals surface area contributed by atoms with Crippen molar-refractivity contribution in [2.75, 3.05) is 46.4 Å². The van der Waals surface area contributed by atoms with Crippen LogP contribution in [-0.2, 0) is 0 Å². The number of hydrazine groups is 1. The van der Waals surface area contributed by atoms with Crippen LogP contribution in [0.1, 0.15) is 19.4 Å². The summed E-state index contributed by atoms with van der Waals surface area (Å²) in [5.41, 5.74) is 6.97. The smallest absolute Gasteiger partial charge is 0.137 e. The average Bonchev–Trinajstić information content (AvgIpc) is 2.61. The van der Waals surface area contributed by atoms with Crippen LogP contribution in [0.5, 0.6) is 5.75 Å². The van der Waals surface area contributed by atoms with E-state index in [4.69, 9.17) is 16.3 Å². The minimum Gasteiger partial charge on any atom is -0.495 e. The number of ether oxygens (including phenoxy) is 1. The number of benzene rings is 1. The molecule has 2 N–H and O–H groups in total. The van der Waals surface area contributed by atoms with Gasteiger partial charge in [0.05, 0.1) is 17.8 Å². The number of piperazine rings is 1. The van der Waals surface area contributed by atoms with Gasteiger partial charge in [-0.05, 0) is 35.8 Å². The van der Waals surface area contributed by atoms with Crippen LogP contribution >= 0.6 is 11.6 Å². The molecule has 2 aliphatic heterocycles. The molecule has 3 rings (SSSR count). The molecule has 0 saturated carbocycles. The summed E-state index contributed by atoms with van der Waals surface area (Å²) < 4.78 is 5.28. The molecule has 0 unspecified atom stereocenters. The fourth-order valence-corrected chi connectivity index (χ4v) is 3.59. The molecule has 2 heterocycles. The lowest BCUT2D eigenvalue weighted by atomic mass is 10.1. The number of hydrogen-bond donors (Lipinski definition) is 2. The summed E-state index contributed by atoms with van der Waals surface area (Å²) in [6, 6.07) is 5.92. The summed E-state index contributed by atoms with van der Waals surface area (Å²) >= 11 is 6.34. The molecule has 5 nitrogen and oxygen atoms in total. The van der Waals surface area contributed by atoms with E-state index in [0.717, 1.165) is 50.5 Å². The van der Waals surface area contributed by atoms with Gasteiger partial charge in [-0.2, -0.15) is 0 Å². The maximum Gasteiger partial charge on any atom is 0.137 e. The molecule has 26 heavy (non-hydrogen) atoms. The second kappa shape index (κ2) is 8.80. The van der Waals surface area contributed by atoms with Gasteiger partial charge in [0.25, 0.3) is 0 Å². The molecule has 1 aromatic carbocycles. The molecule has 1 fully saturated rings. The highest BCUT2D eigenvalue weighted by Gasteiger charge is 2.18. The summed E-state index contributed by atoms with van der Waals surface area (Å²) in [5, 5.41) is 6.23. The monoisotopic (exact) mass is 376 g/mol. The standard InChI is InChI=1S/C20H29ClN4O/c1-15(2)12-25-14-16(13-24-8-6-22-7-9-24)10-19(23-25)17-4-5-20(26-3)18(21)11-17/h4-5,10-11,14-15,22-23H,6-9,12-13H2,1-3H3. The molecule has 0 radical (unpaired) electrons. The lowest BCUT2D eigenvalue weighted by Gasteiger charge is -2.33. The molecular weight excluding hydrogens is 348 g/mol. The van der Waals surface area contributed by atoms with E-state index >= 15 is 0 Å². The first-order valence-electron chi connectivity index (χ1n) is 9.28. The third-order valence-corrected chi connectivity index (χ3v) is 4.85. The highest BCUT2D eigenvalue weighted by atomic mass is 35.5. The van der Waals surface area contributed by atoms with Crippen molar-refractivity contribution >= 4 is 17.3 Å². The molecule has 142 valence electrons. The summed E-state index contributed by atoms with van der Waals surface area (Å²) in [6.45, 7) is 10.7. The topological polar surface area (TPSA) is 39.8 Å². The zero-order chi connectivity index (χ0) is 18.5. The summed E-state index contributed by atoms with van der Waals surface area (Å²) in [7, 11) is 1.64. The fourth-order valence-electron chi connectivity index (χ4n) is 3.33. The van der Waals surface area contributed by atoms with E-state index in [1.54, 1.807) is 7.11 Å². The molecule has 6 heteroatoms. The zero-order valence-corrected chi connectivity index (χ0v) is 16.6. The van der Waals surface area contributed by atoms with Gasteiger partial charge < -0.3 is 10.1 Å². The summed E-state index contributed by atoms with van der Waals surface area (Å²) in [4.78, 5) is 2.50. The van der Waals surface area contributed by atoms with Gasteiger partial charge in [0.1, 0.15) is 5.75 Å². The number of methoxy groups -OCH3 is 1. The first-order valence-corrected chi connectivity index (χ1v) is 9.65. The maximum absolute atomic E-state index is 6.34. The average molecular weight is 377 g/mol. The van der Waals surface area contributed by atoms with Crippen molar-refractivity contribution < 1.29 is 4.74 Å². The summed E-state index contributed by atoms with van der Waals surface area (Å²) in [6.07, 6.45) is 4.47. The van der Waals surface area contributed by atoms with Gasteiger partial charge in [0, 0.05) is 51.0 Å². The number of rotatable bonds is 6. The second-order valence-corrected chi connectivity index (χ2v) is 7.70. The Balaban J connectivity index is 1.82. The van der Waals surface area contributed by atoms with E-state index in [9.17, 15) is 0 Å². The van der Waals surface area contributed by atoms with Gasteiger partial charge in [0.15, 0.2) is 0 Å². The van der Waals surface area contributed by atoms with E-state index in [2.05, 4.69) is 46.8 Å². The van der Waals surface area contributed by atoms with E-state index in [-0.39, 0.29) is 0 Å². The van der Waals surface area contributed by atoms with Crippen molar-refractivity contribution in [3.8, 4) is 5.75 Å². The Bertz CT molecular complexity index is 680. The van der Waals surface area contributed by atoms with Crippen molar-refractivity contribution in [1.82, 2.24) is 20.7 Å². The van der Waals surface area contributed by atoms with E-state index in [1.165, 1.54) is 5.57 Å². The van der Waals surface area contributed by atoms with Crippen molar-refractivity contribution in [2.24, 2.45) is 5.92 Å². The van der Waals surface area contributed by atoms with Crippen molar-refractivity contribution in [2.45, 2.75) is 13.8 Å². The van der Waals surface area contributed by atoms with Crippen LogP contribution in [-0.4, -0.2) is 56.3 Å². The van der Waals surface area contributed by atoms with Crippen LogP contribution in [0.25, 0.3) is 5.70 Å². The van der Waals surface area contributed by atoms with Gasteiger partial charge in [-0.25, -0.2) is 0 Å². The highest BCUT2D eigenvalue weighted by molar-refractivity contribution is 6.32. The Morgan fingerprint density at radius 2 is 2.00 bits per heavy atom. The van der Waals surface area contributed by atoms with Crippen LogP contribution in [0, 0.1) is 5.92 Å². The molecule has 0 bridgehead atoms. The minimum atomic E-state index is 0.568. The lowest BCUT2D eigenvalue weighted by molar-refractivity contribution is 0.250. The molecule has 2 aliphatic rings. The SMILES string of the molecule is COc1ccc(C2=CC(CN3CCNCC3)=CN(CC(C)C)N2)cc1Cl. The molecule has 1 saturated heterocycles. The Labute approximate surface area is 161 Å². The zero-order valence-electron chi connectivity index (χ0n) is 15.9. The predicted molar refractivity (Wildman–Crippen MR) is 108 cm³/mol. The maximum atomic E-state index is 6.34. The highest BCUT2D eigenvalue weighted by Crippen LogP contribution is 2.29. The van der Waals surface area contributed by atoms with Crippen molar-refractivity contribution in [1.29, 1.82) is 0 Å². The van der Waals surface area contributed by atoms with Gasteiger partial charge in [0.2, 0.25) is 0 Å². The molecule has 0 amide bonds. The largest absolute Gasteiger partial charge is 0.495 e. The van der Waals surface area contributed by atoms with Crippen LogP contribution in [0.15, 0.2) is 36.0 Å². The molecule has 0 atom stereocenters. The normalized spacial score (nSPS) is 18.4. The Morgan fingerprint density at radius 3 is 2.65 bits per heavy atom. The predicted octanol–water partition coefficient (Wildman–Crippen LogP) is 2.95. The molecule has 0 aliphatic carbocycles. The quantitative estimate of drug-likeness (QED) is 0.798. The van der Waals surface area contributed by atoms with Crippen LogP contribution in [0.3, 0.4) is 0 Å². The number of nitrogens with one attached hydrogen (secondary N) is 2. The third kappa shape index (κ3) is 4.93. The Hall–Kier alpha value is -1.69. The van der Waals surface area contributed by atoms with E-state index in [1.807, 2.05) is 18.2 Å². The van der Waals surface area contributed by atoms with E-state index in [0.29, 0.717) is 16.7 Å². The van der Waals surface area contributed by atoms with Crippen LogP contribution < -0.4 is 15.5 Å². The van der Waals surface area contributed by atoms with Crippen molar-refractivity contribution in [3.63, 3.8) is 0 Å². The third-order valence-electron chi connectivity index (χ3n) is 4.56. The van der Waals surface area contributed by atoms with Crippen molar-refractivity contribution in [3.05, 3.63) is 46.6 Å². The first kappa shape index (κ1) is 19.1. The molecular formula is C20H29ClN4O. The first-order chi connectivity index (χ1) is 12.5. The Kier molecular flexibility index (Phi) is 6.46. The fraction of sp³-hybridized carbons (Fsp3) is 0.500. The van der Waals surface area contributed by atoms with Gasteiger partial charge in [-0.15, -0.1) is 0 Å². The minimum absolute atomic E-state index is 0.568. The molecule has 0 aromatic heterocycles. The number of nitrogens with zero attached hydrogens (tertiary/aromatic N) is 2. The van der Waals surface area contributed by atoms with Gasteiger partial charge in [-0.1, -0.05) is 25.4 Å². The number of halogens is 1.